The van der Waals surface area contributed by atoms with Crippen molar-refractivity contribution < 1.29 is 0 Å². The van der Waals surface area contributed by atoms with Gasteiger partial charge in [-0.2, -0.15) is 0 Å². The number of allylic oxidation sites excluding steroid dienone is 3. The molecule has 0 unspecified atom stereocenters. The maximum absolute atomic E-state index is 5.87. The van der Waals surface area contributed by atoms with Crippen LogP contribution in [-0.2, 0) is 7.05 Å². The monoisotopic (exact) mass is 214 g/mol. The van der Waals surface area contributed by atoms with Crippen LogP contribution in [0, 0.1) is 0 Å². The Morgan fingerprint density at radius 3 is 2.94 bits per heavy atom. The molecule has 2 rings (SSSR count). The molecule has 2 heterocycles. The van der Waals surface area contributed by atoms with Gasteiger partial charge in [-0.05, 0) is 12.5 Å². The maximum atomic E-state index is 5.87. The Hall–Kier alpha value is -2.10. The predicted molar refractivity (Wildman–Crippen MR) is 66.8 cm³/mol. The molecule has 16 heavy (non-hydrogen) atoms. The highest BCUT2D eigenvalue weighted by Crippen LogP contribution is 2.28. The Labute approximate surface area is 94.1 Å². The molecule has 4 heteroatoms. The topological polar surface area (TPSA) is 56.7 Å². The van der Waals surface area contributed by atoms with Crippen LogP contribution in [0.2, 0.25) is 0 Å². The molecule has 0 spiro atoms. The van der Waals surface area contributed by atoms with Gasteiger partial charge in [0.05, 0.1) is 5.39 Å². The maximum Gasteiger partial charge on any atom is 0.145 e. The van der Waals surface area contributed by atoms with Gasteiger partial charge in [-0.1, -0.05) is 18.7 Å². The van der Waals surface area contributed by atoms with Crippen LogP contribution in [0.15, 0.2) is 31.3 Å². The van der Waals surface area contributed by atoms with Crippen LogP contribution in [0.25, 0.3) is 16.6 Å². The summed E-state index contributed by atoms with van der Waals surface area (Å²) in [6.45, 7) is 5.96. The van der Waals surface area contributed by atoms with E-state index in [1.54, 1.807) is 0 Å². The van der Waals surface area contributed by atoms with E-state index in [9.17, 15) is 0 Å². The second-order valence-electron chi connectivity index (χ2n) is 3.64. The van der Waals surface area contributed by atoms with Gasteiger partial charge in [0.15, 0.2) is 0 Å². The van der Waals surface area contributed by atoms with Crippen molar-refractivity contribution in [1.82, 2.24) is 14.5 Å². The van der Waals surface area contributed by atoms with Crippen molar-refractivity contribution in [3.63, 3.8) is 0 Å². The molecule has 82 valence electrons. The quantitative estimate of drug-likeness (QED) is 0.779. The fourth-order valence-corrected chi connectivity index (χ4v) is 1.77. The summed E-state index contributed by atoms with van der Waals surface area (Å²) in [5.41, 5.74) is 8.59. The van der Waals surface area contributed by atoms with E-state index in [0.29, 0.717) is 5.82 Å². The molecule has 0 saturated heterocycles. The lowest BCUT2D eigenvalue weighted by Crippen LogP contribution is -1.94. The highest BCUT2D eigenvalue weighted by atomic mass is 15.0. The number of aryl methyl sites for hydroxylation is 1. The van der Waals surface area contributed by atoms with Gasteiger partial charge in [0, 0.05) is 18.8 Å². The highest BCUT2D eigenvalue weighted by Gasteiger charge is 2.12. The number of nitrogens with two attached hydrogens (primary N) is 1. The van der Waals surface area contributed by atoms with Crippen LogP contribution >= 0.6 is 0 Å². The summed E-state index contributed by atoms with van der Waals surface area (Å²) >= 11 is 0. The van der Waals surface area contributed by atoms with E-state index in [1.807, 2.05) is 36.9 Å². The second kappa shape index (κ2) is 3.81. The third-order valence-electron chi connectivity index (χ3n) is 2.50. The highest BCUT2D eigenvalue weighted by molar-refractivity contribution is 5.98. The van der Waals surface area contributed by atoms with Crippen molar-refractivity contribution in [2.45, 2.75) is 6.92 Å². The molecule has 0 saturated carbocycles. The molecule has 0 aliphatic carbocycles. The van der Waals surface area contributed by atoms with Gasteiger partial charge in [0.25, 0.3) is 0 Å². The Morgan fingerprint density at radius 1 is 1.50 bits per heavy atom. The lowest BCUT2D eigenvalue weighted by molar-refractivity contribution is 0.943. The first-order chi connectivity index (χ1) is 7.65. The Balaban J connectivity index is 2.76. The zero-order valence-corrected chi connectivity index (χ0v) is 9.44. The number of nitrogen functional groups attached to an aromatic ring is 1. The van der Waals surface area contributed by atoms with Crippen molar-refractivity contribution in [3.05, 3.63) is 36.8 Å². The minimum absolute atomic E-state index is 0.492. The van der Waals surface area contributed by atoms with Crippen LogP contribution in [0.3, 0.4) is 0 Å². The third-order valence-corrected chi connectivity index (χ3v) is 2.50. The number of anilines is 1. The summed E-state index contributed by atoms with van der Waals surface area (Å²) in [7, 11) is 1.93. The number of hydrogen-bond donors (Lipinski definition) is 1. The van der Waals surface area contributed by atoms with Crippen LogP contribution in [0.5, 0.6) is 0 Å². The molecule has 0 radical (unpaired) electrons. The summed E-state index contributed by atoms with van der Waals surface area (Å²) in [5.74, 6) is 0.492. The Kier molecular flexibility index (Phi) is 2.48. The van der Waals surface area contributed by atoms with E-state index >= 15 is 0 Å². The number of hydrogen-bond acceptors (Lipinski definition) is 3. The van der Waals surface area contributed by atoms with E-state index in [2.05, 4.69) is 16.5 Å². The number of aromatic nitrogens is 3. The van der Waals surface area contributed by atoms with Gasteiger partial charge in [0.1, 0.15) is 17.8 Å². The molecular formula is C12H14N4. The molecule has 0 atom stereocenters. The van der Waals surface area contributed by atoms with Crippen molar-refractivity contribution in [2.24, 2.45) is 7.05 Å². The van der Waals surface area contributed by atoms with Crippen molar-refractivity contribution in [3.8, 4) is 0 Å². The second-order valence-corrected chi connectivity index (χ2v) is 3.64. The molecular weight excluding hydrogens is 200 g/mol. The zero-order chi connectivity index (χ0) is 11.7. The van der Waals surface area contributed by atoms with E-state index in [4.69, 9.17) is 5.73 Å². The molecule has 4 nitrogen and oxygen atoms in total. The largest absolute Gasteiger partial charge is 0.383 e. The number of fused-ring (bicyclic) bond motifs is 1. The fraction of sp³-hybridized carbons (Fsp3) is 0.167. The minimum Gasteiger partial charge on any atom is -0.383 e. The van der Waals surface area contributed by atoms with Crippen LogP contribution in [-0.4, -0.2) is 14.5 Å². The van der Waals surface area contributed by atoms with Gasteiger partial charge in [-0.3, -0.25) is 0 Å². The van der Waals surface area contributed by atoms with E-state index in [1.165, 1.54) is 6.33 Å². The molecule has 2 N–H and O–H groups in total. The summed E-state index contributed by atoms with van der Waals surface area (Å²) < 4.78 is 1.93. The van der Waals surface area contributed by atoms with Crippen LogP contribution in [0.1, 0.15) is 12.5 Å². The number of nitrogens with zero attached hydrogens (tertiary/aromatic N) is 3. The minimum atomic E-state index is 0.492. The lowest BCUT2D eigenvalue weighted by Gasteiger charge is -1.99. The molecule has 0 bridgehead atoms. The molecule has 0 aromatic carbocycles. The van der Waals surface area contributed by atoms with Crippen molar-refractivity contribution in [2.75, 3.05) is 5.73 Å². The third kappa shape index (κ3) is 1.48. The molecule has 0 amide bonds. The zero-order valence-electron chi connectivity index (χ0n) is 9.44. The average molecular weight is 214 g/mol. The van der Waals surface area contributed by atoms with Crippen LogP contribution in [0.4, 0.5) is 5.82 Å². The van der Waals surface area contributed by atoms with Gasteiger partial charge in [-0.15, -0.1) is 0 Å². The lowest BCUT2D eigenvalue weighted by atomic mass is 10.1. The average Bonchev–Trinajstić information content (AvgIpc) is 2.58. The van der Waals surface area contributed by atoms with E-state index in [0.717, 1.165) is 22.2 Å². The van der Waals surface area contributed by atoms with Gasteiger partial charge < -0.3 is 10.3 Å². The Morgan fingerprint density at radius 2 is 2.25 bits per heavy atom. The summed E-state index contributed by atoms with van der Waals surface area (Å²) in [6, 6.07) is 0. The van der Waals surface area contributed by atoms with Gasteiger partial charge in [0.2, 0.25) is 0 Å². The summed E-state index contributed by atoms with van der Waals surface area (Å²) in [5, 5.41) is 0.869. The molecule has 2 aromatic rings. The van der Waals surface area contributed by atoms with E-state index in [-0.39, 0.29) is 0 Å². The van der Waals surface area contributed by atoms with Gasteiger partial charge in [-0.25, -0.2) is 9.97 Å². The smallest absolute Gasteiger partial charge is 0.145 e. The molecule has 0 aliphatic rings. The molecule has 2 aromatic heterocycles. The molecule has 0 fully saturated rings. The fourth-order valence-electron chi connectivity index (χ4n) is 1.77. The first kappa shape index (κ1) is 10.4. The number of rotatable bonds is 2. The van der Waals surface area contributed by atoms with E-state index < -0.39 is 0 Å². The molecule has 0 aliphatic heterocycles. The van der Waals surface area contributed by atoms with Gasteiger partial charge >= 0.3 is 0 Å². The first-order valence-electron chi connectivity index (χ1n) is 5.02. The first-order valence-corrected chi connectivity index (χ1v) is 5.02. The predicted octanol–water partition coefficient (Wildman–Crippen LogP) is 2.14. The normalized spacial score (nSPS) is 11.4. The van der Waals surface area contributed by atoms with Crippen molar-refractivity contribution >= 4 is 22.4 Å². The van der Waals surface area contributed by atoms with Crippen LogP contribution < -0.4 is 5.73 Å². The Bertz CT molecular complexity index is 578. The van der Waals surface area contributed by atoms with Crippen molar-refractivity contribution in [1.29, 1.82) is 0 Å². The standard InChI is InChI=1S/C12H14N4/c1-4-5-8(2)9-6-16(3)12-10(9)11(13)14-7-15-12/h4-7H,2H2,1,3H3,(H2,13,14,15)/b5-4-. The SMILES string of the molecule is C=C(/C=C\C)c1cn(C)c2ncnc(N)c12. The summed E-state index contributed by atoms with van der Waals surface area (Å²) in [4.78, 5) is 8.22. The summed E-state index contributed by atoms with van der Waals surface area (Å²) in [6.07, 6.45) is 7.33.